The zero-order valence-corrected chi connectivity index (χ0v) is 15.7. The van der Waals surface area contributed by atoms with E-state index >= 15 is 0 Å². The Balaban J connectivity index is 1.67. The highest BCUT2D eigenvalue weighted by atomic mass is 32.2. The van der Waals surface area contributed by atoms with Gasteiger partial charge < -0.3 is 4.74 Å². The summed E-state index contributed by atoms with van der Waals surface area (Å²) in [6, 6.07) is 9.11. The van der Waals surface area contributed by atoms with E-state index in [0.29, 0.717) is 6.42 Å². The van der Waals surface area contributed by atoms with Crippen LogP contribution in [-0.2, 0) is 30.5 Å². The summed E-state index contributed by atoms with van der Waals surface area (Å²) in [7, 11) is -1.77. The van der Waals surface area contributed by atoms with Crippen LogP contribution in [0.2, 0.25) is 0 Å². The predicted octanol–water partition coefficient (Wildman–Crippen LogP) is 1.38. The molecule has 0 unspecified atom stereocenters. The van der Waals surface area contributed by atoms with Crippen LogP contribution in [0.25, 0.3) is 0 Å². The van der Waals surface area contributed by atoms with Crippen molar-refractivity contribution in [1.82, 2.24) is 9.96 Å². The number of amides is 1. The SMILES string of the molecule is CN1CC[C@H]([C@@H]2C[C@@H](OS(C)(=O)=O)CN2C(=O)OCc2ccccc2)O1. The van der Waals surface area contributed by atoms with Crippen LogP contribution in [0.1, 0.15) is 18.4 Å². The number of hydrogen-bond donors (Lipinski definition) is 0. The number of hydrogen-bond acceptors (Lipinski definition) is 7. The number of benzene rings is 1. The fourth-order valence-corrected chi connectivity index (χ4v) is 4.05. The first-order chi connectivity index (χ1) is 12.3. The van der Waals surface area contributed by atoms with Gasteiger partial charge in [0.1, 0.15) is 12.7 Å². The zero-order chi connectivity index (χ0) is 18.7. The van der Waals surface area contributed by atoms with Gasteiger partial charge >= 0.3 is 6.09 Å². The molecule has 0 spiro atoms. The molecule has 0 N–H and O–H groups in total. The van der Waals surface area contributed by atoms with Crippen molar-refractivity contribution in [3.8, 4) is 0 Å². The van der Waals surface area contributed by atoms with E-state index in [1.54, 1.807) is 5.06 Å². The van der Waals surface area contributed by atoms with Crippen LogP contribution in [0.3, 0.4) is 0 Å². The molecule has 2 aliphatic rings. The van der Waals surface area contributed by atoms with Crippen molar-refractivity contribution in [2.75, 3.05) is 26.4 Å². The van der Waals surface area contributed by atoms with Crippen molar-refractivity contribution in [1.29, 1.82) is 0 Å². The van der Waals surface area contributed by atoms with Crippen LogP contribution in [-0.4, -0.2) is 69.1 Å². The van der Waals surface area contributed by atoms with E-state index < -0.39 is 22.3 Å². The summed E-state index contributed by atoms with van der Waals surface area (Å²) >= 11 is 0. The molecule has 2 aliphatic heterocycles. The monoisotopic (exact) mass is 384 g/mol. The number of carbonyl (C=O) groups excluding carboxylic acids is 1. The standard InChI is InChI=1S/C17H24N2O6S/c1-18-9-8-16(24-18)15-10-14(25-26(2,21)22)11-19(15)17(20)23-12-13-6-4-3-5-7-13/h3-7,14-16H,8-12H2,1-2H3/t14-,15+,16-/m1/s1. The second kappa shape index (κ2) is 7.91. The maximum atomic E-state index is 12.6. The summed E-state index contributed by atoms with van der Waals surface area (Å²) in [6.07, 6.45) is 0.891. The quantitative estimate of drug-likeness (QED) is 0.709. The van der Waals surface area contributed by atoms with Crippen molar-refractivity contribution in [2.24, 2.45) is 0 Å². The fourth-order valence-electron chi connectivity index (χ4n) is 3.42. The van der Waals surface area contributed by atoms with Crippen LogP contribution in [0.5, 0.6) is 0 Å². The van der Waals surface area contributed by atoms with Gasteiger partial charge in [-0.05, 0) is 18.4 Å². The second-order valence-electron chi connectivity index (χ2n) is 6.70. The van der Waals surface area contributed by atoms with Gasteiger partial charge in [-0.3, -0.25) is 13.9 Å². The molecule has 9 heteroatoms. The minimum absolute atomic E-state index is 0.159. The first kappa shape index (κ1) is 19.1. The molecule has 3 atom stereocenters. The van der Waals surface area contributed by atoms with Crippen LogP contribution in [0, 0.1) is 0 Å². The van der Waals surface area contributed by atoms with E-state index in [0.717, 1.165) is 24.8 Å². The minimum atomic E-state index is -3.60. The average Bonchev–Trinajstić information content (AvgIpc) is 3.18. The lowest BCUT2D eigenvalue weighted by Gasteiger charge is -2.27. The topological polar surface area (TPSA) is 85.4 Å². The maximum Gasteiger partial charge on any atom is 0.410 e. The summed E-state index contributed by atoms with van der Waals surface area (Å²) in [5.74, 6) is 0. The summed E-state index contributed by atoms with van der Waals surface area (Å²) in [6.45, 7) is 1.08. The number of hydroxylamine groups is 2. The Kier molecular flexibility index (Phi) is 5.81. The lowest BCUT2D eigenvalue weighted by molar-refractivity contribution is -0.142. The minimum Gasteiger partial charge on any atom is -0.445 e. The molecule has 2 heterocycles. The molecule has 144 valence electrons. The molecule has 26 heavy (non-hydrogen) atoms. The Bertz CT molecular complexity index is 726. The van der Waals surface area contributed by atoms with E-state index in [4.69, 9.17) is 13.8 Å². The molecule has 8 nitrogen and oxygen atoms in total. The summed E-state index contributed by atoms with van der Waals surface area (Å²) in [5, 5.41) is 1.73. The summed E-state index contributed by atoms with van der Waals surface area (Å²) in [5.41, 5.74) is 0.886. The van der Waals surface area contributed by atoms with Crippen molar-refractivity contribution < 1.29 is 27.0 Å². The average molecular weight is 384 g/mol. The normalized spacial score (nSPS) is 27.0. The molecule has 0 aromatic heterocycles. The van der Waals surface area contributed by atoms with Gasteiger partial charge in [0.2, 0.25) is 0 Å². The highest BCUT2D eigenvalue weighted by molar-refractivity contribution is 7.86. The Hall–Kier alpha value is -1.68. The zero-order valence-electron chi connectivity index (χ0n) is 14.9. The van der Waals surface area contributed by atoms with Crippen LogP contribution >= 0.6 is 0 Å². The van der Waals surface area contributed by atoms with Gasteiger partial charge in [-0.25, -0.2) is 4.79 Å². The van der Waals surface area contributed by atoms with Gasteiger partial charge in [-0.1, -0.05) is 30.3 Å². The molecule has 2 fully saturated rings. The van der Waals surface area contributed by atoms with E-state index in [9.17, 15) is 13.2 Å². The van der Waals surface area contributed by atoms with E-state index in [-0.39, 0.29) is 25.3 Å². The van der Waals surface area contributed by atoms with Gasteiger partial charge in [-0.15, -0.1) is 0 Å². The van der Waals surface area contributed by atoms with Gasteiger partial charge in [0.05, 0.1) is 24.9 Å². The van der Waals surface area contributed by atoms with Crippen LogP contribution < -0.4 is 0 Å². The van der Waals surface area contributed by atoms with Crippen molar-refractivity contribution in [3.63, 3.8) is 0 Å². The van der Waals surface area contributed by atoms with Gasteiger partial charge in [-0.2, -0.15) is 13.5 Å². The maximum absolute atomic E-state index is 12.6. The molecular weight excluding hydrogens is 360 g/mol. The second-order valence-corrected chi connectivity index (χ2v) is 8.30. The largest absolute Gasteiger partial charge is 0.445 e. The Morgan fingerprint density at radius 1 is 1.31 bits per heavy atom. The lowest BCUT2D eigenvalue weighted by atomic mass is 10.1. The third kappa shape index (κ3) is 4.94. The molecule has 0 bridgehead atoms. The van der Waals surface area contributed by atoms with Crippen LogP contribution in [0.4, 0.5) is 4.79 Å². The first-order valence-electron chi connectivity index (χ1n) is 8.55. The predicted molar refractivity (Wildman–Crippen MR) is 93.6 cm³/mol. The first-order valence-corrected chi connectivity index (χ1v) is 10.4. The molecule has 0 aliphatic carbocycles. The molecule has 1 amide bonds. The number of carbonyl (C=O) groups is 1. The number of rotatable bonds is 5. The molecule has 0 radical (unpaired) electrons. The number of likely N-dealkylation sites (tertiary alicyclic amines) is 1. The smallest absolute Gasteiger partial charge is 0.410 e. The third-order valence-electron chi connectivity index (χ3n) is 4.53. The lowest BCUT2D eigenvalue weighted by Crippen LogP contribution is -2.43. The fraction of sp³-hybridized carbons (Fsp3) is 0.588. The van der Waals surface area contributed by atoms with E-state index in [2.05, 4.69) is 0 Å². The Morgan fingerprint density at radius 3 is 2.65 bits per heavy atom. The summed E-state index contributed by atoms with van der Waals surface area (Å²) in [4.78, 5) is 19.9. The van der Waals surface area contributed by atoms with Crippen molar-refractivity contribution in [3.05, 3.63) is 35.9 Å². The summed E-state index contributed by atoms with van der Waals surface area (Å²) < 4.78 is 33.4. The van der Waals surface area contributed by atoms with Crippen molar-refractivity contribution in [2.45, 2.75) is 37.7 Å². The van der Waals surface area contributed by atoms with Crippen molar-refractivity contribution >= 4 is 16.2 Å². The molecule has 0 saturated carbocycles. The van der Waals surface area contributed by atoms with Gasteiger partial charge in [0.25, 0.3) is 10.1 Å². The number of nitrogens with zero attached hydrogens (tertiary/aromatic N) is 2. The highest BCUT2D eigenvalue weighted by Crippen LogP contribution is 2.30. The Labute approximate surface area is 153 Å². The Morgan fingerprint density at radius 2 is 2.04 bits per heavy atom. The van der Waals surface area contributed by atoms with Gasteiger partial charge in [0, 0.05) is 13.6 Å². The number of ether oxygens (including phenoxy) is 1. The molecule has 1 aromatic rings. The molecule has 2 saturated heterocycles. The molecule has 1 aromatic carbocycles. The third-order valence-corrected chi connectivity index (χ3v) is 5.15. The highest BCUT2D eigenvalue weighted by Gasteiger charge is 2.44. The van der Waals surface area contributed by atoms with Crippen LogP contribution in [0.15, 0.2) is 30.3 Å². The molecule has 3 rings (SSSR count). The van der Waals surface area contributed by atoms with E-state index in [1.807, 2.05) is 37.4 Å². The van der Waals surface area contributed by atoms with E-state index in [1.165, 1.54) is 4.90 Å². The van der Waals surface area contributed by atoms with Gasteiger partial charge in [0.15, 0.2) is 0 Å². The molecular formula is C17H24N2O6S.